The number of benzene rings is 9. The number of fused-ring (bicyclic) bond motifs is 4. The lowest BCUT2D eigenvalue weighted by Crippen LogP contribution is -1.98. The van der Waals surface area contributed by atoms with Crippen LogP contribution in [0.25, 0.3) is 93.8 Å². The van der Waals surface area contributed by atoms with E-state index >= 15 is 0 Å². The molecule has 0 saturated carbocycles. The van der Waals surface area contributed by atoms with Gasteiger partial charge in [-0.25, -0.2) is 4.98 Å². The van der Waals surface area contributed by atoms with Gasteiger partial charge >= 0.3 is 0 Å². The molecule has 0 N–H and O–H groups in total. The van der Waals surface area contributed by atoms with Crippen LogP contribution in [-0.4, -0.2) is 9.55 Å². The predicted molar refractivity (Wildman–Crippen MR) is 215 cm³/mol. The molecule has 9 aromatic carbocycles. The van der Waals surface area contributed by atoms with Crippen LogP contribution in [0.15, 0.2) is 194 Å². The summed E-state index contributed by atoms with van der Waals surface area (Å²) >= 11 is 0. The van der Waals surface area contributed by atoms with Gasteiger partial charge in [-0.3, -0.25) is 4.57 Å². The average molecular weight is 649 g/mol. The molecular weight excluding hydrogens is 617 g/mol. The third kappa shape index (κ3) is 4.92. The molecule has 0 aliphatic heterocycles. The van der Waals surface area contributed by atoms with Gasteiger partial charge in [-0.15, -0.1) is 0 Å². The molecule has 0 atom stereocenters. The third-order valence-corrected chi connectivity index (χ3v) is 10.2. The third-order valence-electron chi connectivity index (χ3n) is 10.2. The first-order chi connectivity index (χ1) is 25.3. The summed E-state index contributed by atoms with van der Waals surface area (Å²) in [5.41, 5.74) is 11.5. The highest BCUT2D eigenvalue weighted by molar-refractivity contribution is 6.21. The van der Waals surface area contributed by atoms with E-state index in [1.165, 1.54) is 65.7 Å². The van der Waals surface area contributed by atoms with Crippen LogP contribution < -0.4 is 0 Å². The van der Waals surface area contributed by atoms with Crippen LogP contribution in [0.1, 0.15) is 0 Å². The molecule has 0 aliphatic rings. The molecule has 238 valence electrons. The van der Waals surface area contributed by atoms with E-state index in [4.69, 9.17) is 4.98 Å². The summed E-state index contributed by atoms with van der Waals surface area (Å²) in [4.78, 5) is 5.18. The van der Waals surface area contributed by atoms with Crippen molar-refractivity contribution in [3.8, 4) is 50.5 Å². The Morgan fingerprint density at radius 2 is 0.882 bits per heavy atom. The Balaban J connectivity index is 1.14. The highest BCUT2D eigenvalue weighted by Gasteiger charge is 2.18. The summed E-state index contributed by atoms with van der Waals surface area (Å²) in [5.74, 6) is 0.928. The Bertz CT molecular complexity index is 2840. The van der Waals surface area contributed by atoms with E-state index in [9.17, 15) is 0 Å². The molecule has 0 spiro atoms. The molecule has 51 heavy (non-hydrogen) atoms. The maximum Gasteiger partial charge on any atom is 0.145 e. The molecule has 1 heterocycles. The Hall–Kier alpha value is -6.77. The van der Waals surface area contributed by atoms with Gasteiger partial charge in [0.15, 0.2) is 0 Å². The van der Waals surface area contributed by atoms with Crippen molar-refractivity contribution in [3.63, 3.8) is 0 Å². The van der Waals surface area contributed by atoms with Crippen LogP contribution in [0.5, 0.6) is 0 Å². The normalized spacial score (nSPS) is 11.5. The van der Waals surface area contributed by atoms with Gasteiger partial charge in [-0.1, -0.05) is 158 Å². The lowest BCUT2D eigenvalue weighted by molar-refractivity contribution is 1.10. The van der Waals surface area contributed by atoms with Gasteiger partial charge in [-0.2, -0.15) is 0 Å². The molecule has 0 saturated heterocycles. The maximum atomic E-state index is 5.18. The second kappa shape index (κ2) is 12.0. The lowest BCUT2D eigenvalue weighted by atomic mass is 9.85. The van der Waals surface area contributed by atoms with Crippen LogP contribution in [0, 0.1) is 0 Å². The van der Waals surface area contributed by atoms with Crippen molar-refractivity contribution in [1.82, 2.24) is 9.55 Å². The zero-order valence-corrected chi connectivity index (χ0v) is 27.9. The van der Waals surface area contributed by atoms with Crippen molar-refractivity contribution in [2.75, 3.05) is 0 Å². The standard InChI is InChI=1S/C49H32N2/c1-2-13-33(14-3-1)37-17-12-18-39(32-37)49-50-45-23-10-11-24-46(45)51(49)40-29-27-35(28-30-40)47-41-19-6-8-21-43(41)48(44-22-9-7-20-42(44)47)38-26-25-34-15-4-5-16-36(34)31-38/h1-32H. The highest BCUT2D eigenvalue weighted by atomic mass is 15.1. The Labute approximate surface area is 296 Å². The largest absolute Gasteiger partial charge is 0.292 e. The zero-order chi connectivity index (χ0) is 33.7. The van der Waals surface area contributed by atoms with Crippen molar-refractivity contribution >= 4 is 43.4 Å². The fourth-order valence-electron chi connectivity index (χ4n) is 7.82. The molecule has 10 aromatic rings. The summed E-state index contributed by atoms with van der Waals surface area (Å²) in [7, 11) is 0. The fourth-order valence-corrected chi connectivity index (χ4v) is 7.82. The van der Waals surface area contributed by atoms with Gasteiger partial charge in [0.25, 0.3) is 0 Å². The molecule has 0 aliphatic carbocycles. The number of imidazole rings is 1. The van der Waals surface area contributed by atoms with Crippen molar-refractivity contribution in [2.45, 2.75) is 0 Å². The molecule has 0 amide bonds. The second-order valence-electron chi connectivity index (χ2n) is 13.2. The van der Waals surface area contributed by atoms with E-state index in [0.717, 1.165) is 28.1 Å². The van der Waals surface area contributed by atoms with Crippen molar-refractivity contribution in [2.24, 2.45) is 0 Å². The number of hydrogen-bond donors (Lipinski definition) is 0. The second-order valence-corrected chi connectivity index (χ2v) is 13.2. The van der Waals surface area contributed by atoms with Gasteiger partial charge < -0.3 is 0 Å². The topological polar surface area (TPSA) is 17.8 Å². The van der Waals surface area contributed by atoms with Crippen molar-refractivity contribution < 1.29 is 0 Å². The van der Waals surface area contributed by atoms with Gasteiger partial charge in [0, 0.05) is 11.3 Å². The van der Waals surface area contributed by atoms with Crippen LogP contribution in [0.2, 0.25) is 0 Å². The average Bonchev–Trinajstić information content (AvgIpc) is 3.60. The molecular formula is C49H32N2. The van der Waals surface area contributed by atoms with Gasteiger partial charge in [-0.05, 0) is 102 Å². The van der Waals surface area contributed by atoms with Crippen molar-refractivity contribution in [1.29, 1.82) is 0 Å². The fraction of sp³-hybridized carbons (Fsp3) is 0. The van der Waals surface area contributed by atoms with Crippen LogP contribution in [0.4, 0.5) is 0 Å². The summed E-state index contributed by atoms with van der Waals surface area (Å²) in [6, 6.07) is 69.9. The number of rotatable bonds is 5. The molecule has 0 radical (unpaired) electrons. The smallest absolute Gasteiger partial charge is 0.145 e. The highest BCUT2D eigenvalue weighted by Crippen LogP contribution is 2.44. The van der Waals surface area contributed by atoms with E-state index in [-0.39, 0.29) is 0 Å². The first-order valence-corrected chi connectivity index (χ1v) is 17.5. The SMILES string of the molecule is c1ccc(-c2cccc(-c3nc4ccccc4n3-c3ccc(-c4c5ccccc5c(-c5ccc6ccccc6c5)c5ccccc45)cc3)c2)cc1. The van der Waals surface area contributed by atoms with Crippen molar-refractivity contribution in [3.05, 3.63) is 194 Å². The maximum absolute atomic E-state index is 5.18. The number of nitrogens with zero attached hydrogens (tertiary/aromatic N) is 2. The lowest BCUT2D eigenvalue weighted by Gasteiger charge is -2.18. The Morgan fingerprint density at radius 1 is 0.333 bits per heavy atom. The summed E-state index contributed by atoms with van der Waals surface area (Å²) < 4.78 is 2.29. The minimum Gasteiger partial charge on any atom is -0.292 e. The minimum absolute atomic E-state index is 0.928. The van der Waals surface area contributed by atoms with E-state index in [2.05, 4.69) is 199 Å². The minimum atomic E-state index is 0.928. The molecule has 1 aromatic heterocycles. The summed E-state index contributed by atoms with van der Waals surface area (Å²) in [6.45, 7) is 0. The quantitative estimate of drug-likeness (QED) is 0.170. The molecule has 0 fully saturated rings. The first-order valence-electron chi connectivity index (χ1n) is 17.5. The van der Waals surface area contributed by atoms with Gasteiger partial charge in [0.1, 0.15) is 5.82 Å². The molecule has 10 rings (SSSR count). The predicted octanol–water partition coefficient (Wildman–Crippen LogP) is 13.2. The molecule has 2 nitrogen and oxygen atoms in total. The van der Waals surface area contributed by atoms with E-state index in [1.807, 2.05) is 0 Å². The van der Waals surface area contributed by atoms with Crippen LogP contribution in [-0.2, 0) is 0 Å². The summed E-state index contributed by atoms with van der Waals surface area (Å²) in [6.07, 6.45) is 0. The number of hydrogen-bond acceptors (Lipinski definition) is 1. The molecule has 2 heteroatoms. The van der Waals surface area contributed by atoms with E-state index in [0.29, 0.717) is 0 Å². The van der Waals surface area contributed by atoms with Gasteiger partial charge in [0.05, 0.1) is 11.0 Å². The zero-order valence-electron chi connectivity index (χ0n) is 27.9. The number of aromatic nitrogens is 2. The molecule has 0 bridgehead atoms. The van der Waals surface area contributed by atoms with E-state index in [1.54, 1.807) is 0 Å². The van der Waals surface area contributed by atoms with Gasteiger partial charge in [0.2, 0.25) is 0 Å². The van der Waals surface area contributed by atoms with Crippen LogP contribution in [0.3, 0.4) is 0 Å². The first kappa shape index (κ1) is 29.2. The number of para-hydroxylation sites is 2. The van der Waals surface area contributed by atoms with E-state index < -0.39 is 0 Å². The molecule has 0 unspecified atom stereocenters. The Kier molecular flexibility index (Phi) is 6.85. The monoisotopic (exact) mass is 648 g/mol. The Morgan fingerprint density at radius 3 is 1.61 bits per heavy atom. The summed E-state index contributed by atoms with van der Waals surface area (Å²) in [5, 5.41) is 7.51. The van der Waals surface area contributed by atoms with Crippen LogP contribution >= 0.6 is 0 Å².